The Labute approximate surface area is 295 Å². The van der Waals surface area contributed by atoms with Gasteiger partial charge in [0.25, 0.3) is 0 Å². The minimum atomic E-state index is 0.647. The summed E-state index contributed by atoms with van der Waals surface area (Å²) in [4.78, 5) is 10.8. The predicted molar refractivity (Wildman–Crippen MR) is 213 cm³/mol. The van der Waals surface area contributed by atoms with E-state index in [1.807, 2.05) is 6.07 Å². The molecule has 3 heteroatoms. The number of rotatable bonds is 5. The van der Waals surface area contributed by atoms with Gasteiger partial charge >= 0.3 is 0 Å². The highest BCUT2D eigenvalue weighted by Crippen LogP contribution is 2.45. The molecular formula is C48H31N3. The average molecular weight is 650 g/mol. The summed E-state index contributed by atoms with van der Waals surface area (Å²) in [6, 6.07) is 66.8. The second kappa shape index (κ2) is 11.9. The molecule has 0 saturated carbocycles. The minimum Gasteiger partial charge on any atom is -0.278 e. The molecule has 8 aromatic carbocycles. The first kappa shape index (κ1) is 29.1. The van der Waals surface area contributed by atoms with Crippen molar-refractivity contribution >= 4 is 43.5 Å². The van der Waals surface area contributed by atoms with Crippen LogP contribution in [0.3, 0.4) is 0 Å². The van der Waals surface area contributed by atoms with Gasteiger partial charge < -0.3 is 0 Å². The molecule has 2 aromatic heterocycles. The Morgan fingerprint density at radius 1 is 0.333 bits per heavy atom. The Kier molecular flexibility index (Phi) is 6.81. The summed E-state index contributed by atoms with van der Waals surface area (Å²) in [7, 11) is 0. The van der Waals surface area contributed by atoms with E-state index in [2.05, 4.69) is 187 Å². The van der Waals surface area contributed by atoms with Crippen LogP contribution in [0.25, 0.3) is 94.1 Å². The molecular weight excluding hydrogens is 619 g/mol. The fourth-order valence-electron chi connectivity index (χ4n) is 7.69. The van der Waals surface area contributed by atoms with Crippen LogP contribution in [-0.2, 0) is 0 Å². The third-order valence-electron chi connectivity index (χ3n) is 10.0. The number of benzene rings is 8. The van der Waals surface area contributed by atoms with E-state index in [1.54, 1.807) is 0 Å². The van der Waals surface area contributed by atoms with Crippen LogP contribution in [0, 0.1) is 0 Å². The van der Waals surface area contributed by atoms with Gasteiger partial charge in [-0.15, -0.1) is 0 Å². The molecule has 238 valence electrons. The number of fused-ring (bicyclic) bond motifs is 6. The lowest BCUT2D eigenvalue weighted by atomic mass is 9.91. The van der Waals surface area contributed by atoms with E-state index >= 15 is 0 Å². The number of para-hydroxylation sites is 1. The quantitative estimate of drug-likeness (QED) is 0.186. The van der Waals surface area contributed by atoms with Crippen molar-refractivity contribution in [1.29, 1.82) is 0 Å². The molecule has 0 aliphatic rings. The molecule has 0 aliphatic carbocycles. The zero-order valence-corrected chi connectivity index (χ0v) is 27.7. The number of hydrogen-bond acceptors (Lipinski definition) is 2. The minimum absolute atomic E-state index is 0.647. The van der Waals surface area contributed by atoms with Crippen molar-refractivity contribution in [2.75, 3.05) is 0 Å². The molecule has 10 rings (SSSR count). The molecule has 10 aromatic rings. The Morgan fingerprint density at radius 3 is 1.43 bits per heavy atom. The van der Waals surface area contributed by atoms with Crippen molar-refractivity contribution in [3.8, 4) is 50.6 Å². The number of nitrogens with zero attached hydrogens (tertiary/aromatic N) is 3. The van der Waals surface area contributed by atoms with E-state index in [0.717, 1.165) is 49.7 Å². The highest BCUT2D eigenvalue weighted by atomic mass is 15.2. The molecule has 0 atom stereocenters. The molecule has 0 unspecified atom stereocenters. The summed E-state index contributed by atoms with van der Waals surface area (Å²) < 4.78 is 2.30. The van der Waals surface area contributed by atoms with Crippen molar-refractivity contribution in [3.05, 3.63) is 188 Å². The molecule has 0 aliphatic heterocycles. The Bertz CT molecular complexity index is 2880. The molecule has 0 bridgehead atoms. The van der Waals surface area contributed by atoms with Crippen LogP contribution < -0.4 is 0 Å². The van der Waals surface area contributed by atoms with Crippen LogP contribution in [0.15, 0.2) is 188 Å². The molecule has 0 fully saturated rings. The van der Waals surface area contributed by atoms with Crippen LogP contribution in [0.2, 0.25) is 0 Å². The van der Waals surface area contributed by atoms with Gasteiger partial charge in [-0.1, -0.05) is 164 Å². The van der Waals surface area contributed by atoms with Gasteiger partial charge in [-0.05, 0) is 68.4 Å². The molecule has 0 amide bonds. The topological polar surface area (TPSA) is 30.7 Å². The SMILES string of the molecule is c1ccc(-c2cc3c4c5ccccc5c(-c5ccccc5)cc4n(-c4nc(-c5ccccc5)c5ccccc5n4)c3cc2-c2ccccc2)cc1. The maximum Gasteiger partial charge on any atom is 0.235 e. The largest absolute Gasteiger partial charge is 0.278 e. The molecule has 0 saturated heterocycles. The van der Waals surface area contributed by atoms with Gasteiger partial charge in [-0.25, -0.2) is 9.97 Å². The van der Waals surface area contributed by atoms with Crippen molar-refractivity contribution in [2.24, 2.45) is 0 Å². The van der Waals surface area contributed by atoms with E-state index in [0.29, 0.717) is 5.95 Å². The van der Waals surface area contributed by atoms with E-state index in [1.165, 1.54) is 38.4 Å². The van der Waals surface area contributed by atoms with Crippen molar-refractivity contribution in [2.45, 2.75) is 0 Å². The predicted octanol–water partition coefficient (Wildman–Crippen LogP) is 12.5. The van der Waals surface area contributed by atoms with Gasteiger partial charge in [-0.2, -0.15) is 0 Å². The van der Waals surface area contributed by atoms with Gasteiger partial charge in [0.2, 0.25) is 5.95 Å². The Morgan fingerprint density at radius 2 is 0.804 bits per heavy atom. The second-order valence-electron chi connectivity index (χ2n) is 13.0. The van der Waals surface area contributed by atoms with Crippen LogP contribution in [0.4, 0.5) is 0 Å². The molecule has 0 N–H and O–H groups in total. The van der Waals surface area contributed by atoms with Gasteiger partial charge in [0.05, 0.1) is 22.2 Å². The maximum absolute atomic E-state index is 5.43. The second-order valence-corrected chi connectivity index (χ2v) is 13.0. The van der Waals surface area contributed by atoms with E-state index in [-0.39, 0.29) is 0 Å². The van der Waals surface area contributed by atoms with Crippen molar-refractivity contribution in [1.82, 2.24) is 14.5 Å². The van der Waals surface area contributed by atoms with Gasteiger partial charge in [0.1, 0.15) is 0 Å². The number of aromatic nitrogens is 3. The van der Waals surface area contributed by atoms with Crippen LogP contribution in [0.1, 0.15) is 0 Å². The summed E-state index contributed by atoms with van der Waals surface area (Å²) in [6.45, 7) is 0. The van der Waals surface area contributed by atoms with E-state index < -0.39 is 0 Å². The molecule has 0 spiro atoms. The van der Waals surface area contributed by atoms with Gasteiger partial charge in [0.15, 0.2) is 0 Å². The highest BCUT2D eigenvalue weighted by Gasteiger charge is 2.23. The lowest BCUT2D eigenvalue weighted by molar-refractivity contribution is 1.01. The smallest absolute Gasteiger partial charge is 0.235 e. The average Bonchev–Trinajstić information content (AvgIpc) is 3.54. The normalized spacial score (nSPS) is 11.5. The zero-order chi connectivity index (χ0) is 33.7. The van der Waals surface area contributed by atoms with Crippen molar-refractivity contribution < 1.29 is 0 Å². The summed E-state index contributed by atoms with van der Waals surface area (Å²) >= 11 is 0. The first-order chi connectivity index (χ1) is 25.3. The monoisotopic (exact) mass is 649 g/mol. The highest BCUT2D eigenvalue weighted by molar-refractivity contribution is 6.25. The third-order valence-corrected chi connectivity index (χ3v) is 10.0. The number of hydrogen-bond donors (Lipinski definition) is 0. The van der Waals surface area contributed by atoms with Crippen LogP contribution in [-0.4, -0.2) is 14.5 Å². The first-order valence-corrected chi connectivity index (χ1v) is 17.3. The van der Waals surface area contributed by atoms with Crippen molar-refractivity contribution in [3.63, 3.8) is 0 Å². The summed E-state index contributed by atoms with van der Waals surface area (Å²) in [6.07, 6.45) is 0. The molecule has 0 radical (unpaired) electrons. The Hall–Kier alpha value is -6.84. The first-order valence-electron chi connectivity index (χ1n) is 17.3. The summed E-state index contributed by atoms with van der Waals surface area (Å²) in [5.41, 5.74) is 12.1. The summed E-state index contributed by atoms with van der Waals surface area (Å²) in [5.74, 6) is 0.647. The third kappa shape index (κ3) is 4.82. The fraction of sp³-hybridized carbons (Fsp3) is 0. The Balaban J connectivity index is 1.41. The van der Waals surface area contributed by atoms with Gasteiger partial charge in [0, 0.05) is 21.7 Å². The standard InChI is InChI=1S/C48H31N3/c1-5-17-32(18-6-1)39-29-42-44(30-41(39)34-21-9-3-10-22-34)51(48-49-43-28-16-15-27-38(43)47(50-48)35-23-11-4-12-24-35)45-31-40(33-19-7-2-8-20-33)36-25-13-14-26-37(36)46(42)45/h1-31H. The summed E-state index contributed by atoms with van der Waals surface area (Å²) in [5, 5.41) is 5.80. The lowest BCUT2D eigenvalue weighted by Gasteiger charge is -2.14. The lowest BCUT2D eigenvalue weighted by Crippen LogP contribution is -2.04. The maximum atomic E-state index is 5.43. The zero-order valence-electron chi connectivity index (χ0n) is 27.7. The molecule has 2 heterocycles. The van der Waals surface area contributed by atoms with Crippen LogP contribution in [0.5, 0.6) is 0 Å². The van der Waals surface area contributed by atoms with E-state index in [9.17, 15) is 0 Å². The molecule has 3 nitrogen and oxygen atoms in total. The molecule has 51 heavy (non-hydrogen) atoms. The van der Waals surface area contributed by atoms with Gasteiger partial charge in [-0.3, -0.25) is 4.57 Å². The van der Waals surface area contributed by atoms with E-state index in [4.69, 9.17) is 9.97 Å². The fourth-order valence-corrected chi connectivity index (χ4v) is 7.69. The van der Waals surface area contributed by atoms with Crippen LogP contribution >= 0.6 is 0 Å².